The summed E-state index contributed by atoms with van der Waals surface area (Å²) in [7, 11) is 2.25. The fourth-order valence-electron chi connectivity index (χ4n) is 2.59. The molecule has 1 fully saturated rings. The van der Waals surface area contributed by atoms with Gasteiger partial charge in [-0.05, 0) is 33.2 Å². The van der Waals surface area contributed by atoms with Crippen molar-refractivity contribution in [3.8, 4) is 0 Å². The Kier molecular flexibility index (Phi) is 4.90. The molecule has 1 aliphatic rings. The Morgan fingerprint density at radius 3 is 2.57 bits per heavy atom. The van der Waals surface area contributed by atoms with Crippen LogP contribution in [0.2, 0.25) is 0 Å². The maximum Gasteiger partial charge on any atom is 0.0246 e. The minimum Gasteiger partial charge on any atom is -0.326 e. The second kappa shape index (κ2) is 5.72. The zero-order valence-corrected chi connectivity index (χ0v) is 10.00. The van der Waals surface area contributed by atoms with Crippen molar-refractivity contribution in [3.63, 3.8) is 0 Å². The molecule has 0 saturated heterocycles. The predicted molar refractivity (Wildman–Crippen MR) is 62.4 cm³/mol. The van der Waals surface area contributed by atoms with Crippen LogP contribution in [0.25, 0.3) is 0 Å². The van der Waals surface area contributed by atoms with E-state index in [1.54, 1.807) is 0 Å². The molecular formula is C12H26N2. The summed E-state index contributed by atoms with van der Waals surface area (Å²) in [4.78, 5) is 2.51. The summed E-state index contributed by atoms with van der Waals surface area (Å²) in [6.07, 6.45) is 7.77. The third kappa shape index (κ3) is 2.96. The first kappa shape index (κ1) is 12.0. The van der Waals surface area contributed by atoms with Gasteiger partial charge >= 0.3 is 0 Å². The number of hydrogen-bond acceptors (Lipinski definition) is 2. The average molecular weight is 198 g/mol. The fraction of sp³-hybridized carbons (Fsp3) is 1.00. The van der Waals surface area contributed by atoms with Gasteiger partial charge in [-0.3, -0.25) is 4.90 Å². The summed E-state index contributed by atoms with van der Waals surface area (Å²) >= 11 is 0. The van der Waals surface area contributed by atoms with E-state index in [9.17, 15) is 0 Å². The van der Waals surface area contributed by atoms with E-state index in [1.807, 2.05) is 0 Å². The highest BCUT2D eigenvalue weighted by atomic mass is 15.2. The van der Waals surface area contributed by atoms with Crippen LogP contribution < -0.4 is 5.73 Å². The first-order chi connectivity index (χ1) is 6.66. The molecule has 2 N–H and O–H groups in total. The SMILES string of the molecule is CCCC(C)N(C)[C@@H]1CCCC[C@H]1N. The van der Waals surface area contributed by atoms with Crippen LogP contribution in [0.5, 0.6) is 0 Å². The molecular weight excluding hydrogens is 172 g/mol. The number of hydrogen-bond donors (Lipinski definition) is 1. The minimum atomic E-state index is 0.410. The van der Waals surface area contributed by atoms with E-state index in [0.29, 0.717) is 18.1 Å². The molecule has 0 spiro atoms. The van der Waals surface area contributed by atoms with E-state index in [-0.39, 0.29) is 0 Å². The Morgan fingerprint density at radius 1 is 1.36 bits per heavy atom. The molecule has 0 aromatic carbocycles. The Bertz CT molecular complexity index is 158. The van der Waals surface area contributed by atoms with Crippen molar-refractivity contribution >= 4 is 0 Å². The van der Waals surface area contributed by atoms with Crippen LogP contribution in [0, 0.1) is 0 Å². The van der Waals surface area contributed by atoms with Gasteiger partial charge in [0.15, 0.2) is 0 Å². The highest BCUT2D eigenvalue weighted by Crippen LogP contribution is 2.23. The molecule has 2 heteroatoms. The van der Waals surface area contributed by atoms with Gasteiger partial charge in [0.2, 0.25) is 0 Å². The fourth-order valence-corrected chi connectivity index (χ4v) is 2.59. The summed E-state index contributed by atoms with van der Waals surface area (Å²) in [5, 5.41) is 0. The van der Waals surface area contributed by atoms with Crippen molar-refractivity contribution in [2.75, 3.05) is 7.05 Å². The van der Waals surface area contributed by atoms with Crippen molar-refractivity contribution in [3.05, 3.63) is 0 Å². The molecule has 0 bridgehead atoms. The van der Waals surface area contributed by atoms with Gasteiger partial charge < -0.3 is 5.73 Å². The lowest BCUT2D eigenvalue weighted by Crippen LogP contribution is -2.50. The lowest BCUT2D eigenvalue weighted by atomic mass is 9.89. The summed E-state index contributed by atoms with van der Waals surface area (Å²) in [6, 6.07) is 1.73. The van der Waals surface area contributed by atoms with Gasteiger partial charge in [-0.1, -0.05) is 26.2 Å². The predicted octanol–water partition coefficient (Wildman–Crippen LogP) is 2.38. The van der Waals surface area contributed by atoms with Gasteiger partial charge in [0.1, 0.15) is 0 Å². The van der Waals surface area contributed by atoms with Crippen molar-refractivity contribution in [2.24, 2.45) is 5.73 Å². The summed E-state index contributed by atoms with van der Waals surface area (Å²) in [5.41, 5.74) is 6.17. The molecule has 3 atom stereocenters. The normalized spacial score (nSPS) is 30.6. The summed E-state index contributed by atoms with van der Waals surface area (Å²) in [5.74, 6) is 0. The monoisotopic (exact) mass is 198 g/mol. The largest absolute Gasteiger partial charge is 0.326 e. The number of rotatable bonds is 4. The van der Waals surface area contributed by atoms with E-state index in [0.717, 1.165) is 0 Å². The van der Waals surface area contributed by atoms with Crippen LogP contribution in [0.1, 0.15) is 52.4 Å². The van der Waals surface area contributed by atoms with Gasteiger partial charge in [-0.2, -0.15) is 0 Å². The van der Waals surface area contributed by atoms with Gasteiger partial charge in [-0.15, -0.1) is 0 Å². The van der Waals surface area contributed by atoms with E-state index in [1.165, 1.54) is 38.5 Å². The highest BCUT2D eigenvalue weighted by molar-refractivity contribution is 4.86. The van der Waals surface area contributed by atoms with Crippen molar-refractivity contribution < 1.29 is 0 Å². The molecule has 0 aromatic rings. The third-order valence-electron chi connectivity index (χ3n) is 3.71. The lowest BCUT2D eigenvalue weighted by Gasteiger charge is -2.39. The second-order valence-corrected chi connectivity index (χ2v) is 4.82. The lowest BCUT2D eigenvalue weighted by molar-refractivity contribution is 0.123. The maximum atomic E-state index is 6.17. The molecule has 2 nitrogen and oxygen atoms in total. The number of likely N-dealkylation sites (N-methyl/N-ethyl adjacent to an activating group) is 1. The Balaban J connectivity index is 2.44. The van der Waals surface area contributed by atoms with Crippen LogP contribution >= 0.6 is 0 Å². The molecule has 84 valence electrons. The van der Waals surface area contributed by atoms with Crippen molar-refractivity contribution in [2.45, 2.75) is 70.5 Å². The van der Waals surface area contributed by atoms with E-state index in [4.69, 9.17) is 5.73 Å². The molecule has 1 rings (SSSR count). The average Bonchev–Trinajstić information content (AvgIpc) is 2.18. The summed E-state index contributed by atoms with van der Waals surface area (Å²) in [6.45, 7) is 4.58. The second-order valence-electron chi connectivity index (χ2n) is 4.82. The molecule has 0 amide bonds. The molecule has 1 unspecified atom stereocenters. The maximum absolute atomic E-state index is 6.17. The van der Waals surface area contributed by atoms with Gasteiger partial charge in [0.05, 0.1) is 0 Å². The molecule has 0 heterocycles. The first-order valence-electron chi connectivity index (χ1n) is 6.14. The minimum absolute atomic E-state index is 0.410. The van der Waals surface area contributed by atoms with Gasteiger partial charge in [-0.25, -0.2) is 0 Å². The number of nitrogens with two attached hydrogens (primary N) is 1. The van der Waals surface area contributed by atoms with Crippen LogP contribution in [-0.4, -0.2) is 30.1 Å². The summed E-state index contributed by atoms with van der Waals surface area (Å²) < 4.78 is 0. The van der Waals surface area contributed by atoms with Crippen LogP contribution in [0.15, 0.2) is 0 Å². The number of nitrogens with zero attached hydrogens (tertiary/aromatic N) is 1. The Labute approximate surface area is 88.8 Å². The molecule has 0 aromatic heterocycles. The van der Waals surface area contributed by atoms with Crippen LogP contribution in [0.3, 0.4) is 0 Å². The molecule has 1 saturated carbocycles. The Morgan fingerprint density at radius 2 is 2.00 bits per heavy atom. The van der Waals surface area contributed by atoms with Crippen LogP contribution in [-0.2, 0) is 0 Å². The molecule has 0 radical (unpaired) electrons. The van der Waals surface area contributed by atoms with Gasteiger partial charge in [0, 0.05) is 18.1 Å². The van der Waals surface area contributed by atoms with E-state index < -0.39 is 0 Å². The topological polar surface area (TPSA) is 29.3 Å². The standard InChI is InChI=1S/C12H26N2/c1-4-7-10(2)14(3)12-9-6-5-8-11(12)13/h10-12H,4-9,13H2,1-3H3/t10?,11-,12-/m1/s1. The smallest absolute Gasteiger partial charge is 0.0246 e. The van der Waals surface area contributed by atoms with Crippen molar-refractivity contribution in [1.29, 1.82) is 0 Å². The Hall–Kier alpha value is -0.0800. The van der Waals surface area contributed by atoms with E-state index in [2.05, 4.69) is 25.8 Å². The molecule has 0 aliphatic heterocycles. The zero-order valence-electron chi connectivity index (χ0n) is 10.00. The highest BCUT2D eigenvalue weighted by Gasteiger charge is 2.27. The third-order valence-corrected chi connectivity index (χ3v) is 3.71. The van der Waals surface area contributed by atoms with Crippen molar-refractivity contribution in [1.82, 2.24) is 4.90 Å². The van der Waals surface area contributed by atoms with Gasteiger partial charge in [0.25, 0.3) is 0 Å². The first-order valence-corrected chi connectivity index (χ1v) is 6.14. The van der Waals surface area contributed by atoms with Crippen LogP contribution in [0.4, 0.5) is 0 Å². The molecule has 1 aliphatic carbocycles. The molecule has 14 heavy (non-hydrogen) atoms. The zero-order chi connectivity index (χ0) is 10.6. The quantitative estimate of drug-likeness (QED) is 0.751. The van der Waals surface area contributed by atoms with E-state index >= 15 is 0 Å².